The van der Waals surface area contributed by atoms with E-state index in [-0.39, 0.29) is 11.8 Å². The quantitative estimate of drug-likeness (QED) is 0.777. The van der Waals surface area contributed by atoms with Crippen molar-refractivity contribution in [3.63, 3.8) is 0 Å². The first-order valence-corrected chi connectivity index (χ1v) is 10.6. The molecule has 0 atom stereocenters. The van der Waals surface area contributed by atoms with E-state index in [1.54, 1.807) is 29.2 Å². The van der Waals surface area contributed by atoms with Gasteiger partial charge in [0.1, 0.15) is 0 Å². The summed E-state index contributed by atoms with van der Waals surface area (Å²) in [6, 6.07) is 14.9. The summed E-state index contributed by atoms with van der Waals surface area (Å²) in [7, 11) is 0. The van der Waals surface area contributed by atoms with E-state index in [9.17, 15) is 9.59 Å². The SMILES string of the molecule is CCN(CC)C(=O)c1ccc(C(=O)Nc2ccc(N3CCC(C)CC3)cc2)cc1. The first-order valence-electron chi connectivity index (χ1n) is 10.6. The van der Waals surface area contributed by atoms with Crippen LogP contribution in [0, 0.1) is 5.92 Å². The standard InChI is InChI=1S/C24H31N3O2/c1-4-26(5-2)24(29)20-8-6-19(7-9-20)23(28)25-21-10-12-22(13-11-21)27-16-14-18(3)15-17-27/h6-13,18H,4-5,14-17H2,1-3H3,(H,25,28). The molecule has 2 aromatic rings. The zero-order chi connectivity index (χ0) is 20.8. The fourth-order valence-corrected chi connectivity index (χ4v) is 3.68. The highest BCUT2D eigenvalue weighted by Crippen LogP contribution is 2.24. The molecule has 1 fully saturated rings. The number of carbonyl (C=O) groups excluding carboxylic acids is 2. The molecule has 3 rings (SSSR count). The minimum absolute atomic E-state index is 0.00958. The van der Waals surface area contributed by atoms with Crippen LogP contribution in [0.25, 0.3) is 0 Å². The number of anilines is 2. The van der Waals surface area contributed by atoms with Gasteiger partial charge in [-0.25, -0.2) is 0 Å². The highest BCUT2D eigenvalue weighted by Gasteiger charge is 2.16. The molecule has 29 heavy (non-hydrogen) atoms. The molecule has 0 aromatic heterocycles. The lowest BCUT2D eigenvalue weighted by Gasteiger charge is -2.32. The van der Waals surface area contributed by atoms with Crippen LogP contribution >= 0.6 is 0 Å². The van der Waals surface area contributed by atoms with Gasteiger partial charge in [0.2, 0.25) is 0 Å². The van der Waals surface area contributed by atoms with Gasteiger partial charge in [0.15, 0.2) is 0 Å². The van der Waals surface area contributed by atoms with E-state index in [1.807, 2.05) is 26.0 Å². The van der Waals surface area contributed by atoms with Crippen LogP contribution in [0.4, 0.5) is 11.4 Å². The summed E-state index contributed by atoms with van der Waals surface area (Å²) < 4.78 is 0. The molecular formula is C24H31N3O2. The molecule has 0 spiro atoms. The number of hydrogen-bond donors (Lipinski definition) is 1. The van der Waals surface area contributed by atoms with Crippen molar-refractivity contribution >= 4 is 23.2 Å². The molecule has 2 amide bonds. The van der Waals surface area contributed by atoms with Crippen LogP contribution in [0.3, 0.4) is 0 Å². The maximum atomic E-state index is 12.5. The predicted octanol–water partition coefficient (Wildman–Crippen LogP) is 4.66. The van der Waals surface area contributed by atoms with E-state index in [4.69, 9.17) is 0 Å². The zero-order valence-electron chi connectivity index (χ0n) is 17.6. The number of rotatable bonds is 6. The Kier molecular flexibility index (Phi) is 6.91. The molecular weight excluding hydrogens is 362 g/mol. The summed E-state index contributed by atoms with van der Waals surface area (Å²) in [6.07, 6.45) is 2.45. The van der Waals surface area contributed by atoms with Crippen molar-refractivity contribution in [3.05, 3.63) is 59.7 Å². The number of nitrogens with zero attached hydrogens (tertiary/aromatic N) is 2. The Morgan fingerprint density at radius 3 is 2.03 bits per heavy atom. The van der Waals surface area contributed by atoms with Gasteiger partial charge in [-0.15, -0.1) is 0 Å². The Morgan fingerprint density at radius 1 is 0.931 bits per heavy atom. The molecule has 5 nitrogen and oxygen atoms in total. The van der Waals surface area contributed by atoms with Crippen LogP contribution in [-0.2, 0) is 0 Å². The van der Waals surface area contributed by atoms with Gasteiger partial charge >= 0.3 is 0 Å². The van der Waals surface area contributed by atoms with Crippen LogP contribution in [-0.4, -0.2) is 42.9 Å². The molecule has 1 saturated heterocycles. The second-order valence-electron chi connectivity index (χ2n) is 7.73. The van der Waals surface area contributed by atoms with Gasteiger partial charge in [0.25, 0.3) is 11.8 Å². The molecule has 154 valence electrons. The first kappa shape index (κ1) is 20.9. The number of carbonyl (C=O) groups is 2. The van der Waals surface area contributed by atoms with Crippen molar-refractivity contribution in [2.75, 3.05) is 36.4 Å². The molecule has 5 heteroatoms. The van der Waals surface area contributed by atoms with Crippen molar-refractivity contribution in [2.24, 2.45) is 5.92 Å². The topological polar surface area (TPSA) is 52.7 Å². The maximum absolute atomic E-state index is 12.5. The van der Waals surface area contributed by atoms with Crippen molar-refractivity contribution in [1.82, 2.24) is 4.90 Å². The lowest BCUT2D eigenvalue weighted by Crippen LogP contribution is -2.32. The molecule has 0 unspecified atom stereocenters. The Hall–Kier alpha value is -2.82. The third kappa shape index (κ3) is 5.17. The van der Waals surface area contributed by atoms with Gasteiger partial charge in [-0.2, -0.15) is 0 Å². The number of hydrogen-bond acceptors (Lipinski definition) is 3. The fraction of sp³-hybridized carbons (Fsp3) is 0.417. The van der Waals surface area contributed by atoms with E-state index >= 15 is 0 Å². The Balaban J connectivity index is 1.60. The van der Waals surface area contributed by atoms with E-state index in [0.29, 0.717) is 24.2 Å². The van der Waals surface area contributed by atoms with Crippen LogP contribution in [0.1, 0.15) is 54.3 Å². The molecule has 1 N–H and O–H groups in total. The van der Waals surface area contributed by atoms with Crippen LogP contribution < -0.4 is 10.2 Å². The van der Waals surface area contributed by atoms with Crippen molar-refractivity contribution in [1.29, 1.82) is 0 Å². The molecule has 0 saturated carbocycles. The number of benzene rings is 2. The van der Waals surface area contributed by atoms with Gasteiger partial charge < -0.3 is 15.1 Å². The van der Waals surface area contributed by atoms with Crippen molar-refractivity contribution in [2.45, 2.75) is 33.6 Å². The van der Waals surface area contributed by atoms with E-state index in [0.717, 1.165) is 24.7 Å². The van der Waals surface area contributed by atoms with Crippen LogP contribution in [0.2, 0.25) is 0 Å². The summed E-state index contributed by atoms with van der Waals surface area (Å²) in [5.74, 6) is 0.620. The summed E-state index contributed by atoms with van der Waals surface area (Å²) in [6.45, 7) is 9.74. The molecule has 0 aliphatic carbocycles. The van der Waals surface area contributed by atoms with Gasteiger partial charge in [-0.05, 0) is 81.1 Å². The van der Waals surface area contributed by atoms with Crippen molar-refractivity contribution in [3.8, 4) is 0 Å². The lowest BCUT2D eigenvalue weighted by atomic mass is 9.99. The number of nitrogens with one attached hydrogen (secondary N) is 1. The Morgan fingerprint density at radius 2 is 1.48 bits per heavy atom. The van der Waals surface area contributed by atoms with Crippen LogP contribution in [0.5, 0.6) is 0 Å². The average Bonchev–Trinajstić information content (AvgIpc) is 2.76. The fourth-order valence-electron chi connectivity index (χ4n) is 3.68. The monoisotopic (exact) mass is 393 g/mol. The summed E-state index contributed by atoms with van der Waals surface area (Å²) in [4.78, 5) is 29.1. The summed E-state index contributed by atoms with van der Waals surface area (Å²) in [5, 5.41) is 2.94. The van der Waals surface area contributed by atoms with Crippen LogP contribution in [0.15, 0.2) is 48.5 Å². The summed E-state index contributed by atoms with van der Waals surface area (Å²) in [5.41, 5.74) is 3.11. The highest BCUT2D eigenvalue weighted by molar-refractivity contribution is 6.05. The van der Waals surface area contributed by atoms with E-state index in [2.05, 4.69) is 29.3 Å². The Bertz CT molecular complexity index is 818. The van der Waals surface area contributed by atoms with E-state index < -0.39 is 0 Å². The third-order valence-electron chi connectivity index (χ3n) is 5.72. The molecule has 2 aromatic carbocycles. The highest BCUT2D eigenvalue weighted by atomic mass is 16.2. The first-order chi connectivity index (χ1) is 14.0. The van der Waals surface area contributed by atoms with Gasteiger partial charge in [-0.1, -0.05) is 6.92 Å². The molecule has 1 heterocycles. The number of piperidine rings is 1. The Labute approximate surface area is 173 Å². The minimum Gasteiger partial charge on any atom is -0.372 e. The molecule has 1 aliphatic heterocycles. The predicted molar refractivity (Wildman–Crippen MR) is 119 cm³/mol. The van der Waals surface area contributed by atoms with Gasteiger partial charge in [-0.3, -0.25) is 9.59 Å². The zero-order valence-corrected chi connectivity index (χ0v) is 17.6. The summed E-state index contributed by atoms with van der Waals surface area (Å²) >= 11 is 0. The molecule has 0 bridgehead atoms. The van der Waals surface area contributed by atoms with Gasteiger partial charge in [0.05, 0.1) is 0 Å². The van der Waals surface area contributed by atoms with Crippen molar-refractivity contribution < 1.29 is 9.59 Å². The second-order valence-corrected chi connectivity index (χ2v) is 7.73. The minimum atomic E-state index is -0.175. The normalized spacial score (nSPS) is 14.5. The molecule has 0 radical (unpaired) electrons. The molecule has 1 aliphatic rings. The van der Waals surface area contributed by atoms with E-state index in [1.165, 1.54) is 18.5 Å². The average molecular weight is 394 g/mol. The number of amides is 2. The smallest absolute Gasteiger partial charge is 0.255 e. The lowest BCUT2D eigenvalue weighted by molar-refractivity contribution is 0.0772. The van der Waals surface area contributed by atoms with Gasteiger partial charge in [0, 0.05) is 48.7 Å². The second kappa shape index (κ2) is 9.59. The third-order valence-corrected chi connectivity index (χ3v) is 5.72. The maximum Gasteiger partial charge on any atom is 0.255 e. The largest absolute Gasteiger partial charge is 0.372 e.